The van der Waals surface area contributed by atoms with Crippen molar-refractivity contribution in [3.8, 4) is 5.75 Å². The van der Waals surface area contributed by atoms with Gasteiger partial charge in [0.25, 0.3) is 0 Å². The first-order valence-electron chi connectivity index (χ1n) is 6.99. The van der Waals surface area contributed by atoms with Gasteiger partial charge in [0.05, 0.1) is 13.2 Å². The van der Waals surface area contributed by atoms with E-state index in [0.717, 1.165) is 31.6 Å². The Morgan fingerprint density at radius 3 is 2.95 bits per heavy atom. The molecule has 1 aliphatic rings. The van der Waals surface area contributed by atoms with E-state index in [1.54, 1.807) is 6.07 Å². The SMILES string of the molecule is COc1ccc(C(N)CN(C)CC2CCCO2)cc1F. The molecule has 1 aromatic rings. The van der Waals surface area contributed by atoms with Gasteiger partial charge in [-0.2, -0.15) is 0 Å². The Balaban J connectivity index is 1.89. The van der Waals surface area contributed by atoms with E-state index in [2.05, 4.69) is 4.90 Å². The van der Waals surface area contributed by atoms with Crippen LogP contribution in [0.1, 0.15) is 24.4 Å². The fourth-order valence-electron chi connectivity index (χ4n) is 2.56. The number of nitrogens with zero attached hydrogens (tertiary/aromatic N) is 1. The van der Waals surface area contributed by atoms with Crippen LogP contribution < -0.4 is 10.5 Å². The van der Waals surface area contributed by atoms with Gasteiger partial charge >= 0.3 is 0 Å². The van der Waals surface area contributed by atoms with E-state index in [1.165, 1.54) is 13.2 Å². The van der Waals surface area contributed by atoms with Crippen molar-refractivity contribution in [1.82, 2.24) is 4.90 Å². The van der Waals surface area contributed by atoms with Gasteiger partial charge < -0.3 is 20.1 Å². The van der Waals surface area contributed by atoms with Crippen molar-refractivity contribution in [2.24, 2.45) is 5.73 Å². The first-order valence-corrected chi connectivity index (χ1v) is 6.99. The van der Waals surface area contributed by atoms with E-state index in [-0.39, 0.29) is 17.6 Å². The average molecular weight is 282 g/mol. The molecule has 0 spiro atoms. The number of halogens is 1. The topological polar surface area (TPSA) is 47.7 Å². The summed E-state index contributed by atoms with van der Waals surface area (Å²) in [5, 5.41) is 0. The summed E-state index contributed by atoms with van der Waals surface area (Å²) in [5.41, 5.74) is 6.92. The Morgan fingerprint density at radius 2 is 2.35 bits per heavy atom. The second kappa shape index (κ2) is 7.02. The maximum atomic E-state index is 13.7. The van der Waals surface area contributed by atoms with Gasteiger partial charge in [-0.25, -0.2) is 4.39 Å². The second-order valence-electron chi connectivity index (χ2n) is 5.36. The molecule has 5 heteroatoms. The first-order chi connectivity index (χ1) is 9.60. The zero-order valence-electron chi connectivity index (χ0n) is 12.1. The van der Waals surface area contributed by atoms with Crippen LogP contribution in [0.4, 0.5) is 4.39 Å². The summed E-state index contributed by atoms with van der Waals surface area (Å²) in [6.45, 7) is 2.40. The maximum Gasteiger partial charge on any atom is 0.165 e. The Bertz CT molecular complexity index is 436. The molecular formula is C15H23FN2O2. The molecule has 1 aliphatic heterocycles. The van der Waals surface area contributed by atoms with Crippen molar-refractivity contribution in [2.45, 2.75) is 25.0 Å². The van der Waals surface area contributed by atoms with Gasteiger partial charge in [0.1, 0.15) is 0 Å². The van der Waals surface area contributed by atoms with Crippen molar-refractivity contribution >= 4 is 0 Å². The van der Waals surface area contributed by atoms with Crippen LogP contribution in [-0.4, -0.2) is 44.9 Å². The normalized spacial score (nSPS) is 20.4. The molecule has 0 radical (unpaired) electrons. The lowest BCUT2D eigenvalue weighted by Gasteiger charge is -2.24. The van der Waals surface area contributed by atoms with Crippen LogP contribution in [-0.2, 0) is 4.74 Å². The smallest absolute Gasteiger partial charge is 0.165 e. The lowest BCUT2D eigenvalue weighted by molar-refractivity contribution is 0.0796. The molecule has 1 aromatic carbocycles. The molecular weight excluding hydrogens is 259 g/mol. The van der Waals surface area contributed by atoms with Crippen LogP contribution >= 0.6 is 0 Å². The van der Waals surface area contributed by atoms with Gasteiger partial charge in [0, 0.05) is 25.7 Å². The minimum Gasteiger partial charge on any atom is -0.494 e. The molecule has 20 heavy (non-hydrogen) atoms. The summed E-state index contributed by atoms with van der Waals surface area (Å²) in [6, 6.07) is 4.65. The number of methoxy groups -OCH3 is 1. The molecule has 2 atom stereocenters. The van der Waals surface area contributed by atoms with E-state index >= 15 is 0 Å². The standard InChI is InChI=1S/C15H23FN2O2/c1-18(9-12-4-3-7-20-12)10-14(17)11-5-6-15(19-2)13(16)8-11/h5-6,8,12,14H,3-4,7,9-10,17H2,1-2H3. The van der Waals surface area contributed by atoms with Gasteiger partial charge in [-0.3, -0.25) is 0 Å². The molecule has 2 unspecified atom stereocenters. The van der Waals surface area contributed by atoms with E-state index in [1.807, 2.05) is 13.1 Å². The molecule has 1 fully saturated rings. The van der Waals surface area contributed by atoms with E-state index in [0.29, 0.717) is 12.6 Å². The van der Waals surface area contributed by atoms with Crippen molar-refractivity contribution < 1.29 is 13.9 Å². The molecule has 4 nitrogen and oxygen atoms in total. The zero-order chi connectivity index (χ0) is 14.5. The summed E-state index contributed by atoms with van der Waals surface area (Å²) in [7, 11) is 3.47. The van der Waals surface area contributed by atoms with E-state index in [9.17, 15) is 4.39 Å². The van der Waals surface area contributed by atoms with Crippen molar-refractivity contribution in [2.75, 3.05) is 33.9 Å². The summed E-state index contributed by atoms with van der Waals surface area (Å²) >= 11 is 0. The molecule has 2 rings (SSSR count). The maximum absolute atomic E-state index is 13.7. The highest BCUT2D eigenvalue weighted by Crippen LogP contribution is 2.21. The monoisotopic (exact) mass is 282 g/mol. The van der Waals surface area contributed by atoms with Crippen molar-refractivity contribution in [1.29, 1.82) is 0 Å². The number of likely N-dealkylation sites (N-methyl/N-ethyl adjacent to an activating group) is 1. The molecule has 2 N–H and O–H groups in total. The molecule has 0 aromatic heterocycles. The minimum atomic E-state index is -0.373. The van der Waals surface area contributed by atoms with Crippen molar-refractivity contribution in [3.05, 3.63) is 29.6 Å². The number of ether oxygens (including phenoxy) is 2. The fourth-order valence-corrected chi connectivity index (χ4v) is 2.56. The van der Waals surface area contributed by atoms with Crippen LogP contribution in [0, 0.1) is 5.82 Å². The first kappa shape index (κ1) is 15.2. The lowest BCUT2D eigenvalue weighted by Crippen LogP contribution is -2.34. The molecule has 0 aliphatic carbocycles. The summed E-state index contributed by atoms with van der Waals surface area (Å²) < 4.78 is 24.2. The fraction of sp³-hybridized carbons (Fsp3) is 0.600. The number of benzene rings is 1. The third-order valence-corrected chi connectivity index (χ3v) is 3.65. The van der Waals surface area contributed by atoms with Gasteiger partial charge in [0.2, 0.25) is 0 Å². The minimum absolute atomic E-state index is 0.221. The van der Waals surface area contributed by atoms with Gasteiger partial charge in [-0.1, -0.05) is 6.07 Å². The third kappa shape index (κ3) is 3.91. The predicted octanol–water partition coefficient (Wildman–Crippen LogP) is 1.94. The summed E-state index contributed by atoms with van der Waals surface area (Å²) in [6.07, 6.45) is 2.55. The highest BCUT2D eigenvalue weighted by molar-refractivity contribution is 5.31. The Labute approximate surface area is 119 Å². The predicted molar refractivity (Wildman–Crippen MR) is 76.4 cm³/mol. The largest absolute Gasteiger partial charge is 0.494 e. The summed E-state index contributed by atoms with van der Waals surface area (Å²) in [5.74, 6) is -0.129. The average Bonchev–Trinajstić information content (AvgIpc) is 2.91. The molecule has 0 saturated carbocycles. The highest BCUT2D eigenvalue weighted by Gasteiger charge is 2.19. The molecule has 1 heterocycles. The Kier molecular flexibility index (Phi) is 5.34. The van der Waals surface area contributed by atoms with Gasteiger partial charge in [-0.15, -0.1) is 0 Å². The number of rotatable bonds is 6. The quantitative estimate of drug-likeness (QED) is 0.866. The van der Waals surface area contributed by atoms with Crippen LogP contribution in [0.25, 0.3) is 0 Å². The van der Waals surface area contributed by atoms with Crippen molar-refractivity contribution in [3.63, 3.8) is 0 Å². The lowest BCUT2D eigenvalue weighted by atomic mass is 10.1. The highest BCUT2D eigenvalue weighted by atomic mass is 19.1. The second-order valence-corrected chi connectivity index (χ2v) is 5.36. The number of hydrogen-bond donors (Lipinski definition) is 1. The molecule has 0 amide bonds. The number of nitrogens with two attached hydrogens (primary N) is 1. The molecule has 1 saturated heterocycles. The van der Waals surface area contributed by atoms with Crippen LogP contribution in [0.3, 0.4) is 0 Å². The Hall–Kier alpha value is -1.17. The van der Waals surface area contributed by atoms with Gasteiger partial charge in [0.15, 0.2) is 11.6 Å². The van der Waals surface area contributed by atoms with Gasteiger partial charge in [-0.05, 0) is 37.6 Å². The molecule has 112 valence electrons. The van der Waals surface area contributed by atoms with Crippen LogP contribution in [0.15, 0.2) is 18.2 Å². The zero-order valence-corrected chi connectivity index (χ0v) is 12.1. The third-order valence-electron chi connectivity index (χ3n) is 3.65. The van der Waals surface area contributed by atoms with Crippen LogP contribution in [0.5, 0.6) is 5.75 Å². The summed E-state index contributed by atoms with van der Waals surface area (Å²) in [4.78, 5) is 2.14. The number of hydrogen-bond acceptors (Lipinski definition) is 4. The van der Waals surface area contributed by atoms with Crippen LogP contribution in [0.2, 0.25) is 0 Å². The van der Waals surface area contributed by atoms with E-state index < -0.39 is 0 Å². The Morgan fingerprint density at radius 1 is 1.55 bits per heavy atom. The van der Waals surface area contributed by atoms with E-state index in [4.69, 9.17) is 15.2 Å². The molecule has 0 bridgehead atoms.